The summed E-state index contributed by atoms with van der Waals surface area (Å²) in [4.78, 5) is 13.0. The fourth-order valence-corrected chi connectivity index (χ4v) is 4.12. The molecule has 3 aromatic rings. The fourth-order valence-electron chi connectivity index (χ4n) is 3.30. The summed E-state index contributed by atoms with van der Waals surface area (Å²) in [7, 11) is -3.38. The Kier molecular flexibility index (Phi) is 5.52. The lowest BCUT2D eigenvalue weighted by Gasteiger charge is -2.08. The zero-order valence-corrected chi connectivity index (χ0v) is 17.9. The highest BCUT2D eigenvalue weighted by Gasteiger charge is 2.32. The summed E-state index contributed by atoms with van der Waals surface area (Å²) in [5.74, 6) is -0.752. The van der Waals surface area contributed by atoms with Gasteiger partial charge in [0, 0.05) is 16.9 Å². The van der Waals surface area contributed by atoms with Crippen molar-refractivity contribution in [2.75, 3.05) is 6.26 Å². The van der Waals surface area contributed by atoms with Crippen LogP contribution in [0.3, 0.4) is 0 Å². The minimum atomic E-state index is -3.38. The molecule has 0 aliphatic carbocycles. The Bertz CT molecular complexity index is 1340. The first-order chi connectivity index (χ1) is 14.7. The second kappa shape index (κ2) is 8.13. The molecule has 0 atom stereocenters. The van der Waals surface area contributed by atoms with Crippen LogP contribution in [0.5, 0.6) is 0 Å². The highest BCUT2D eigenvalue weighted by molar-refractivity contribution is 7.90. The van der Waals surface area contributed by atoms with E-state index in [-0.39, 0.29) is 16.2 Å². The Hall–Kier alpha value is -3.22. The molecule has 0 radical (unpaired) electrons. The van der Waals surface area contributed by atoms with Crippen molar-refractivity contribution >= 4 is 44.6 Å². The minimum Gasteiger partial charge on any atom is -0.422 e. The summed E-state index contributed by atoms with van der Waals surface area (Å²) in [6, 6.07) is 18.8. The number of ether oxygens (including phenoxy) is 1. The Morgan fingerprint density at radius 2 is 1.45 bits per heavy atom. The van der Waals surface area contributed by atoms with E-state index in [4.69, 9.17) is 16.3 Å². The first-order valence-corrected chi connectivity index (χ1v) is 11.5. The molecule has 3 aromatic carbocycles. The van der Waals surface area contributed by atoms with Crippen molar-refractivity contribution in [3.8, 4) is 0 Å². The van der Waals surface area contributed by atoms with E-state index in [0.29, 0.717) is 27.3 Å². The van der Waals surface area contributed by atoms with E-state index in [0.717, 1.165) is 6.26 Å². The monoisotopic (exact) mass is 454 g/mol. The van der Waals surface area contributed by atoms with Gasteiger partial charge in [0.25, 0.3) is 0 Å². The fraction of sp³-hybridized carbons (Fsp3) is 0.0417. The molecule has 0 amide bonds. The van der Waals surface area contributed by atoms with Gasteiger partial charge in [-0.15, -0.1) is 0 Å². The van der Waals surface area contributed by atoms with E-state index in [1.807, 2.05) is 0 Å². The van der Waals surface area contributed by atoms with Crippen LogP contribution in [0, 0.1) is 5.82 Å². The molecule has 156 valence electrons. The predicted octanol–water partition coefficient (Wildman–Crippen LogP) is 5.39. The van der Waals surface area contributed by atoms with E-state index in [2.05, 4.69) is 0 Å². The summed E-state index contributed by atoms with van der Waals surface area (Å²) in [6.07, 6.45) is 2.77. The molecule has 4 rings (SSSR count). The molecule has 0 N–H and O–H groups in total. The quantitative estimate of drug-likeness (QED) is 0.496. The number of allylic oxidation sites excluding steroid dienone is 1. The Morgan fingerprint density at radius 3 is 2.06 bits per heavy atom. The van der Waals surface area contributed by atoms with Gasteiger partial charge in [0.05, 0.1) is 10.5 Å². The first-order valence-electron chi connectivity index (χ1n) is 9.23. The van der Waals surface area contributed by atoms with Crippen molar-refractivity contribution in [2.45, 2.75) is 4.90 Å². The second-order valence-corrected chi connectivity index (χ2v) is 9.40. The zero-order chi connectivity index (χ0) is 22.2. The molecule has 1 heterocycles. The number of hydrogen-bond acceptors (Lipinski definition) is 4. The summed E-state index contributed by atoms with van der Waals surface area (Å²) in [5.41, 5.74) is 2.44. The topological polar surface area (TPSA) is 60.4 Å². The molecular formula is C24H16ClFO4S. The minimum absolute atomic E-state index is 0.155. The number of halogens is 2. The predicted molar refractivity (Wildman–Crippen MR) is 118 cm³/mol. The number of hydrogen-bond donors (Lipinski definition) is 0. The number of carbonyl (C=O) groups excluding carboxylic acids is 1. The second-order valence-electron chi connectivity index (χ2n) is 6.97. The van der Waals surface area contributed by atoms with Gasteiger partial charge in [-0.2, -0.15) is 0 Å². The number of esters is 1. The molecule has 0 bridgehead atoms. The van der Waals surface area contributed by atoms with Crippen LogP contribution >= 0.6 is 11.6 Å². The van der Waals surface area contributed by atoms with Crippen LogP contribution in [0.25, 0.3) is 17.2 Å². The zero-order valence-electron chi connectivity index (χ0n) is 16.3. The van der Waals surface area contributed by atoms with Gasteiger partial charge in [0.2, 0.25) is 0 Å². The smallest absolute Gasteiger partial charge is 0.344 e. The maximum Gasteiger partial charge on any atom is 0.344 e. The molecular weight excluding hydrogens is 439 g/mol. The van der Waals surface area contributed by atoms with Crippen LogP contribution in [0.15, 0.2) is 83.5 Å². The number of cyclic esters (lactones) is 1. The molecule has 0 fully saturated rings. The summed E-state index contributed by atoms with van der Waals surface area (Å²) < 4.78 is 42.7. The average molecular weight is 455 g/mol. The van der Waals surface area contributed by atoms with Gasteiger partial charge in [0.1, 0.15) is 11.6 Å². The molecule has 31 heavy (non-hydrogen) atoms. The standard InChI is InChI=1S/C24H16ClFO4S/c1-31(28,29)19-12-8-15(9-13-19)22-21(14-17-4-2-3-5-20(17)25)30-24(27)23(22)16-6-10-18(26)11-7-16/h2-14H,1H3/b21-14-. The van der Waals surface area contributed by atoms with E-state index in [1.165, 1.54) is 36.4 Å². The largest absolute Gasteiger partial charge is 0.422 e. The SMILES string of the molecule is CS(=O)(=O)c1ccc(C2=C(c3ccc(F)cc3)C(=O)O/C2=C\c2ccccc2Cl)cc1. The van der Waals surface area contributed by atoms with E-state index in [9.17, 15) is 17.6 Å². The van der Waals surface area contributed by atoms with Crippen LogP contribution < -0.4 is 0 Å². The molecule has 0 saturated carbocycles. The summed E-state index contributed by atoms with van der Waals surface area (Å²) in [6.45, 7) is 0. The summed E-state index contributed by atoms with van der Waals surface area (Å²) >= 11 is 6.27. The van der Waals surface area contributed by atoms with Gasteiger partial charge in [-0.3, -0.25) is 0 Å². The van der Waals surface area contributed by atoms with Crippen LogP contribution in [0.2, 0.25) is 5.02 Å². The number of sulfone groups is 1. The van der Waals surface area contributed by atoms with E-state index >= 15 is 0 Å². The lowest BCUT2D eigenvalue weighted by Crippen LogP contribution is -1.98. The van der Waals surface area contributed by atoms with Crippen molar-refractivity contribution in [3.63, 3.8) is 0 Å². The first kappa shape index (κ1) is 21.0. The van der Waals surface area contributed by atoms with Crippen molar-refractivity contribution in [1.82, 2.24) is 0 Å². The third-order valence-corrected chi connectivity index (χ3v) is 6.27. The third kappa shape index (κ3) is 4.31. The van der Waals surface area contributed by atoms with Gasteiger partial charge < -0.3 is 4.74 Å². The van der Waals surface area contributed by atoms with Crippen molar-refractivity contribution in [2.24, 2.45) is 0 Å². The third-order valence-electron chi connectivity index (χ3n) is 4.80. The van der Waals surface area contributed by atoms with Crippen LogP contribution in [0.4, 0.5) is 4.39 Å². The van der Waals surface area contributed by atoms with Gasteiger partial charge in [-0.05, 0) is 53.1 Å². The maximum absolute atomic E-state index is 13.4. The maximum atomic E-state index is 13.4. The molecule has 0 unspecified atom stereocenters. The normalized spacial score (nSPS) is 15.5. The molecule has 0 spiro atoms. The van der Waals surface area contributed by atoms with Crippen molar-refractivity contribution in [3.05, 3.63) is 106 Å². The molecule has 4 nitrogen and oxygen atoms in total. The van der Waals surface area contributed by atoms with E-state index in [1.54, 1.807) is 42.5 Å². The Labute approximate surface area is 184 Å². The lowest BCUT2D eigenvalue weighted by atomic mass is 9.94. The Morgan fingerprint density at radius 1 is 0.871 bits per heavy atom. The highest BCUT2D eigenvalue weighted by Crippen LogP contribution is 2.41. The number of carbonyl (C=O) groups is 1. The number of rotatable bonds is 4. The molecule has 1 aliphatic heterocycles. The van der Waals surface area contributed by atoms with Crippen LogP contribution in [0.1, 0.15) is 16.7 Å². The lowest BCUT2D eigenvalue weighted by molar-refractivity contribution is -0.131. The molecule has 0 aromatic heterocycles. The average Bonchev–Trinajstić information content (AvgIpc) is 3.05. The van der Waals surface area contributed by atoms with Crippen molar-refractivity contribution < 1.29 is 22.3 Å². The van der Waals surface area contributed by atoms with Gasteiger partial charge >= 0.3 is 5.97 Å². The number of benzene rings is 3. The van der Waals surface area contributed by atoms with Gasteiger partial charge in [-0.25, -0.2) is 17.6 Å². The summed E-state index contributed by atoms with van der Waals surface area (Å²) in [5, 5.41) is 0.480. The van der Waals surface area contributed by atoms with Crippen molar-refractivity contribution in [1.29, 1.82) is 0 Å². The van der Waals surface area contributed by atoms with Gasteiger partial charge in [0.15, 0.2) is 9.84 Å². The molecule has 7 heteroatoms. The molecule has 1 aliphatic rings. The highest BCUT2D eigenvalue weighted by atomic mass is 35.5. The van der Waals surface area contributed by atoms with Crippen LogP contribution in [-0.2, 0) is 19.4 Å². The van der Waals surface area contributed by atoms with Gasteiger partial charge in [-0.1, -0.05) is 54.1 Å². The Balaban J connectivity index is 1.94. The van der Waals surface area contributed by atoms with Crippen LogP contribution in [-0.4, -0.2) is 20.6 Å². The molecule has 0 saturated heterocycles. The van der Waals surface area contributed by atoms with E-state index < -0.39 is 21.6 Å².